The Morgan fingerprint density at radius 1 is 1.12 bits per heavy atom. The van der Waals surface area contributed by atoms with Gasteiger partial charge in [0.1, 0.15) is 17.6 Å². The van der Waals surface area contributed by atoms with Crippen molar-refractivity contribution in [2.45, 2.75) is 19.0 Å². The van der Waals surface area contributed by atoms with E-state index in [1.165, 1.54) is 0 Å². The number of thiocarbonyl (C=S) groups is 1. The Bertz CT molecular complexity index is 895. The third-order valence-corrected chi connectivity index (χ3v) is 5.10. The predicted molar refractivity (Wildman–Crippen MR) is 106 cm³/mol. The molecule has 0 amide bonds. The number of nitrogens with zero attached hydrogens (tertiary/aromatic N) is 2. The monoisotopic (exact) mass is 413 g/mol. The van der Waals surface area contributed by atoms with Crippen LogP contribution in [-0.4, -0.2) is 10.1 Å². The zero-order chi connectivity index (χ0) is 17.4. The van der Waals surface area contributed by atoms with Gasteiger partial charge in [0.05, 0.1) is 11.7 Å². The number of benzene rings is 1. The Morgan fingerprint density at radius 2 is 1.92 bits per heavy atom. The van der Waals surface area contributed by atoms with Crippen molar-refractivity contribution in [3.8, 4) is 0 Å². The Morgan fingerprint density at radius 3 is 2.56 bits per heavy atom. The molecule has 25 heavy (non-hydrogen) atoms. The van der Waals surface area contributed by atoms with Crippen molar-refractivity contribution in [3.63, 3.8) is 0 Å². The van der Waals surface area contributed by atoms with Crippen LogP contribution in [0.15, 0.2) is 69.7 Å². The smallest absolute Gasteiger partial charge is 0.174 e. The molecule has 6 heteroatoms. The molecule has 3 heterocycles. The molecule has 2 atom stereocenters. The van der Waals surface area contributed by atoms with E-state index in [-0.39, 0.29) is 12.1 Å². The molecule has 1 fully saturated rings. The van der Waals surface area contributed by atoms with Gasteiger partial charge in [-0.2, -0.15) is 0 Å². The minimum atomic E-state index is -0.0997. The molecule has 0 aliphatic carbocycles. The summed E-state index contributed by atoms with van der Waals surface area (Å²) in [4.78, 5) is 6.62. The van der Waals surface area contributed by atoms with Crippen LogP contribution in [0.5, 0.6) is 0 Å². The first kappa shape index (κ1) is 16.3. The lowest BCUT2D eigenvalue weighted by molar-refractivity contribution is 0.418. The topological polar surface area (TPSA) is 41.3 Å². The molecule has 3 aromatic rings. The highest BCUT2D eigenvalue weighted by Crippen LogP contribution is 2.42. The summed E-state index contributed by atoms with van der Waals surface area (Å²) in [5.74, 6) is 1.74. The van der Waals surface area contributed by atoms with Crippen molar-refractivity contribution >= 4 is 38.9 Å². The third-order valence-electron chi connectivity index (χ3n) is 4.26. The van der Waals surface area contributed by atoms with Crippen molar-refractivity contribution in [3.05, 3.63) is 82.5 Å². The van der Waals surface area contributed by atoms with Gasteiger partial charge >= 0.3 is 0 Å². The van der Waals surface area contributed by atoms with E-state index < -0.39 is 0 Å². The maximum atomic E-state index is 5.96. The minimum Gasteiger partial charge on any atom is -0.464 e. The number of anilines is 1. The van der Waals surface area contributed by atoms with Gasteiger partial charge in [0.25, 0.3) is 0 Å². The molecule has 126 valence electrons. The number of nitrogens with one attached hydrogen (secondary N) is 1. The fourth-order valence-electron chi connectivity index (χ4n) is 3.14. The minimum absolute atomic E-state index is 0.0807. The Balaban J connectivity index is 1.81. The van der Waals surface area contributed by atoms with Gasteiger partial charge in [-0.1, -0.05) is 22.0 Å². The zero-order valence-corrected chi connectivity index (χ0v) is 15.9. The quantitative estimate of drug-likeness (QED) is 0.616. The lowest BCUT2D eigenvalue weighted by Gasteiger charge is -2.26. The summed E-state index contributed by atoms with van der Waals surface area (Å²) in [5.41, 5.74) is 1.95. The molecule has 0 radical (unpaired) electrons. The van der Waals surface area contributed by atoms with Crippen LogP contribution in [0.2, 0.25) is 0 Å². The molecule has 0 spiro atoms. The van der Waals surface area contributed by atoms with E-state index in [0.29, 0.717) is 5.11 Å². The molecule has 2 aromatic heterocycles. The highest BCUT2D eigenvalue weighted by atomic mass is 79.9. The number of aryl methyl sites for hydroxylation is 1. The first-order chi connectivity index (χ1) is 12.1. The van der Waals surface area contributed by atoms with Crippen molar-refractivity contribution in [2.75, 3.05) is 4.90 Å². The number of halogens is 1. The van der Waals surface area contributed by atoms with E-state index in [9.17, 15) is 0 Å². The number of hydrogen-bond donors (Lipinski definition) is 1. The number of rotatable bonds is 3. The van der Waals surface area contributed by atoms with Crippen LogP contribution < -0.4 is 10.2 Å². The Kier molecular flexibility index (Phi) is 4.31. The third kappa shape index (κ3) is 3.07. The fraction of sp³-hybridized carbons (Fsp3) is 0.158. The predicted octanol–water partition coefficient (Wildman–Crippen LogP) is 4.92. The second-order valence-electron chi connectivity index (χ2n) is 5.92. The molecule has 0 saturated carbocycles. The fourth-order valence-corrected chi connectivity index (χ4v) is 3.75. The van der Waals surface area contributed by atoms with Gasteiger partial charge in [0.2, 0.25) is 0 Å². The first-order valence-electron chi connectivity index (χ1n) is 7.96. The molecule has 1 saturated heterocycles. The van der Waals surface area contributed by atoms with Gasteiger partial charge in [-0.25, -0.2) is 0 Å². The van der Waals surface area contributed by atoms with Crippen molar-refractivity contribution in [1.82, 2.24) is 10.3 Å². The molecule has 4 nitrogen and oxygen atoms in total. The number of aromatic nitrogens is 1. The largest absolute Gasteiger partial charge is 0.464 e. The zero-order valence-electron chi connectivity index (χ0n) is 13.5. The van der Waals surface area contributed by atoms with Gasteiger partial charge in [-0.05, 0) is 67.7 Å². The molecule has 1 N–H and O–H groups in total. The van der Waals surface area contributed by atoms with Crippen LogP contribution >= 0.6 is 28.1 Å². The molecule has 1 aromatic carbocycles. The second-order valence-corrected chi connectivity index (χ2v) is 7.22. The molecule has 0 bridgehead atoms. The summed E-state index contributed by atoms with van der Waals surface area (Å²) in [6, 6.07) is 17.8. The van der Waals surface area contributed by atoms with Gasteiger partial charge in [-0.15, -0.1) is 0 Å². The highest BCUT2D eigenvalue weighted by molar-refractivity contribution is 9.10. The molecular formula is C19H16BrN3OS. The van der Waals surface area contributed by atoms with Crippen LogP contribution in [0.4, 0.5) is 5.69 Å². The lowest BCUT2D eigenvalue weighted by Crippen LogP contribution is -2.29. The average Bonchev–Trinajstić information content (AvgIpc) is 3.20. The van der Waals surface area contributed by atoms with Crippen molar-refractivity contribution in [1.29, 1.82) is 0 Å². The van der Waals surface area contributed by atoms with E-state index in [2.05, 4.69) is 31.1 Å². The summed E-state index contributed by atoms with van der Waals surface area (Å²) in [7, 11) is 0. The molecule has 1 aliphatic rings. The summed E-state index contributed by atoms with van der Waals surface area (Å²) >= 11 is 9.14. The van der Waals surface area contributed by atoms with Gasteiger partial charge < -0.3 is 14.6 Å². The summed E-state index contributed by atoms with van der Waals surface area (Å²) in [5, 5.41) is 4.08. The maximum absolute atomic E-state index is 5.96. The van der Waals surface area contributed by atoms with Gasteiger partial charge in [-0.3, -0.25) is 4.98 Å². The second kappa shape index (κ2) is 6.61. The van der Waals surface area contributed by atoms with Crippen LogP contribution in [0.25, 0.3) is 0 Å². The molecular weight excluding hydrogens is 398 g/mol. The van der Waals surface area contributed by atoms with Gasteiger partial charge in [0, 0.05) is 16.4 Å². The maximum Gasteiger partial charge on any atom is 0.174 e. The standard InChI is InChI=1S/C19H16BrN3OS/c1-12-5-10-16(24-12)18-17(15-4-2-3-11-21-15)22-19(25)23(18)14-8-6-13(20)7-9-14/h2-11,17-18H,1H3,(H,22,25). The van der Waals surface area contributed by atoms with Crippen LogP contribution in [0, 0.1) is 6.92 Å². The highest BCUT2D eigenvalue weighted by Gasteiger charge is 2.42. The van der Waals surface area contributed by atoms with E-state index in [1.807, 2.05) is 61.5 Å². The SMILES string of the molecule is Cc1ccc(C2C(c3ccccn3)NC(=S)N2c2ccc(Br)cc2)o1. The Labute approximate surface area is 160 Å². The number of furan rings is 1. The van der Waals surface area contributed by atoms with E-state index >= 15 is 0 Å². The Hall–Kier alpha value is -2.18. The van der Waals surface area contributed by atoms with Crippen LogP contribution in [0.1, 0.15) is 29.3 Å². The summed E-state index contributed by atoms with van der Waals surface area (Å²) < 4.78 is 6.99. The normalized spacial score (nSPS) is 19.9. The average molecular weight is 414 g/mol. The van der Waals surface area contributed by atoms with E-state index in [1.54, 1.807) is 6.20 Å². The number of pyridine rings is 1. The molecule has 1 aliphatic heterocycles. The van der Waals surface area contributed by atoms with Crippen LogP contribution in [0.3, 0.4) is 0 Å². The van der Waals surface area contributed by atoms with E-state index in [0.717, 1.165) is 27.4 Å². The van der Waals surface area contributed by atoms with Gasteiger partial charge in [0.15, 0.2) is 5.11 Å². The summed E-state index contributed by atoms with van der Waals surface area (Å²) in [6.07, 6.45) is 1.80. The van der Waals surface area contributed by atoms with Crippen molar-refractivity contribution < 1.29 is 4.42 Å². The first-order valence-corrected chi connectivity index (χ1v) is 9.16. The summed E-state index contributed by atoms with van der Waals surface area (Å²) in [6.45, 7) is 1.95. The van der Waals surface area contributed by atoms with E-state index in [4.69, 9.17) is 16.6 Å². The number of hydrogen-bond acceptors (Lipinski definition) is 3. The lowest BCUT2D eigenvalue weighted by atomic mass is 10.0. The molecule has 2 unspecified atom stereocenters. The van der Waals surface area contributed by atoms with Crippen molar-refractivity contribution in [2.24, 2.45) is 0 Å². The molecule has 4 rings (SSSR count). The van der Waals surface area contributed by atoms with Crippen LogP contribution in [-0.2, 0) is 0 Å².